The second-order valence-electron chi connectivity index (χ2n) is 5.22. The van der Waals surface area contributed by atoms with Crippen LogP contribution in [0.25, 0.3) is 0 Å². The number of imide groups is 1. The summed E-state index contributed by atoms with van der Waals surface area (Å²) >= 11 is 0. The average Bonchev–Trinajstić information content (AvgIpc) is 2.91. The maximum Gasteiger partial charge on any atom is 0.233 e. The van der Waals surface area contributed by atoms with Crippen LogP contribution in [0.1, 0.15) is 25.7 Å². The number of nitrogens with one attached hydrogen (secondary N) is 1. The SMILES string of the molecule is O=C1C2CCCC2C(=O)N1CC1=CCNCC1. The van der Waals surface area contributed by atoms with E-state index in [1.165, 1.54) is 10.5 Å². The van der Waals surface area contributed by atoms with E-state index in [0.717, 1.165) is 38.8 Å². The van der Waals surface area contributed by atoms with Crippen LogP contribution in [0.2, 0.25) is 0 Å². The summed E-state index contributed by atoms with van der Waals surface area (Å²) in [6, 6.07) is 0. The molecule has 1 N–H and O–H groups in total. The Bertz CT molecular complexity index is 367. The molecule has 4 nitrogen and oxygen atoms in total. The van der Waals surface area contributed by atoms with Gasteiger partial charge in [0.2, 0.25) is 11.8 Å². The van der Waals surface area contributed by atoms with Crippen LogP contribution < -0.4 is 5.32 Å². The zero-order chi connectivity index (χ0) is 11.8. The molecule has 0 aromatic rings. The maximum absolute atomic E-state index is 12.1. The van der Waals surface area contributed by atoms with E-state index in [9.17, 15) is 9.59 Å². The van der Waals surface area contributed by atoms with Crippen molar-refractivity contribution >= 4 is 11.8 Å². The largest absolute Gasteiger partial charge is 0.313 e. The Morgan fingerprint density at radius 1 is 1.24 bits per heavy atom. The van der Waals surface area contributed by atoms with Gasteiger partial charge >= 0.3 is 0 Å². The molecule has 0 bridgehead atoms. The van der Waals surface area contributed by atoms with Gasteiger partial charge in [-0.15, -0.1) is 0 Å². The summed E-state index contributed by atoms with van der Waals surface area (Å²) in [6.07, 6.45) is 5.91. The molecule has 2 heterocycles. The number of amides is 2. The fraction of sp³-hybridized carbons (Fsp3) is 0.692. The minimum atomic E-state index is 0.00446. The Morgan fingerprint density at radius 2 is 1.94 bits per heavy atom. The van der Waals surface area contributed by atoms with E-state index in [4.69, 9.17) is 0 Å². The molecule has 92 valence electrons. The van der Waals surface area contributed by atoms with Crippen molar-refractivity contribution in [2.75, 3.05) is 19.6 Å². The first-order chi connectivity index (χ1) is 8.27. The van der Waals surface area contributed by atoms with Crippen molar-refractivity contribution in [3.63, 3.8) is 0 Å². The minimum absolute atomic E-state index is 0.00446. The molecule has 1 saturated heterocycles. The van der Waals surface area contributed by atoms with Crippen LogP contribution in [-0.4, -0.2) is 36.3 Å². The van der Waals surface area contributed by atoms with Gasteiger partial charge < -0.3 is 5.32 Å². The molecule has 0 spiro atoms. The van der Waals surface area contributed by atoms with Gasteiger partial charge in [-0.2, -0.15) is 0 Å². The summed E-state index contributed by atoms with van der Waals surface area (Å²) in [7, 11) is 0. The van der Waals surface area contributed by atoms with Gasteiger partial charge in [0.15, 0.2) is 0 Å². The van der Waals surface area contributed by atoms with Crippen molar-refractivity contribution in [2.24, 2.45) is 11.8 Å². The molecule has 0 aromatic heterocycles. The van der Waals surface area contributed by atoms with Gasteiger partial charge in [0.25, 0.3) is 0 Å². The lowest BCUT2D eigenvalue weighted by molar-refractivity contribution is -0.139. The fourth-order valence-electron chi connectivity index (χ4n) is 3.23. The summed E-state index contributed by atoms with van der Waals surface area (Å²) in [5, 5.41) is 3.24. The van der Waals surface area contributed by atoms with E-state index >= 15 is 0 Å². The monoisotopic (exact) mass is 234 g/mol. The van der Waals surface area contributed by atoms with Crippen molar-refractivity contribution in [2.45, 2.75) is 25.7 Å². The first kappa shape index (κ1) is 11.0. The van der Waals surface area contributed by atoms with Crippen LogP contribution in [0, 0.1) is 11.8 Å². The molecule has 4 heteroatoms. The van der Waals surface area contributed by atoms with Gasteiger partial charge in [-0.25, -0.2) is 0 Å². The molecular weight excluding hydrogens is 216 g/mol. The van der Waals surface area contributed by atoms with Gasteiger partial charge in [0.05, 0.1) is 11.8 Å². The lowest BCUT2D eigenvalue weighted by Crippen LogP contribution is -2.35. The summed E-state index contributed by atoms with van der Waals surface area (Å²) in [5.74, 6) is 0.170. The molecule has 2 unspecified atom stereocenters. The number of rotatable bonds is 2. The number of likely N-dealkylation sites (tertiary alicyclic amines) is 1. The Morgan fingerprint density at radius 3 is 2.53 bits per heavy atom. The van der Waals surface area contributed by atoms with Crippen molar-refractivity contribution in [1.82, 2.24) is 10.2 Å². The van der Waals surface area contributed by atoms with E-state index in [-0.39, 0.29) is 23.7 Å². The zero-order valence-corrected chi connectivity index (χ0v) is 9.95. The molecule has 2 fully saturated rings. The highest BCUT2D eigenvalue weighted by Gasteiger charge is 2.49. The minimum Gasteiger partial charge on any atom is -0.313 e. The molecule has 1 saturated carbocycles. The number of carbonyl (C=O) groups excluding carboxylic acids is 2. The second-order valence-corrected chi connectivity index (χ2v) is 5.22. The molecule has 2 amide bonds. The summed E-state index contributed by atoms with van der Waals surface area (Å²) < 4.78 is 0. The first-order valence-corrected chi connectivity index (χ1v) is 6.51. The Labute approximate surface area is 101 Å². The number of hydrogen-bond acceptors (Lipinski definition) is 3. The van der Waals surface area contributed by atoms with Gasteiger partial charge in [-0.1, -0.05) is 18.1 Å². The number of fused-ring (bicyclic) bond motifs is 1. The molecule has 0 aromatic carbocycles. The van der Waals surface area contributed by atoms with E-state index in [1.54, 1.807) is 0 Å². The average molecular weight is 234 g/mol. The second kappa shape index (κ2) is 4.26. The van der Waals surface area contributed by atoms with Crippen molar-refractivity contribution in [3.8, 4) is 0 Å². The Hall–Kier alpha value is -1.16. The summed E-state index contributed by atoms with van der Waals surface area (Å²) in [6.45, 7) is 2.35. The smallest absolute Gasteiger partial charge is 0.233 e. The van der Waals surface area contributed by atoms with Gasteiger partial charge in [0, 0.05) is 13.1 Å². The highest BCUT2D eigenvalue weighted by Crippen LogP contribution is 2.39. The third-order valence-corrected chi connectivity index (χ3v) is 4.20. The normalized spacial score (nSPS) is 32.9. The number of carbonyl (C=O) groups is 2. The number of hydrogen-bond donors (Lipinski definition) is 1. The van der Waals surface area contributed by atoms with Crippen LogP contribution in [-0.2, 0) is 9.59 Å². The van der Waals surface area contributed by atoms with Crippen LogP contribution in [0.4, 0.5) is 0 Å². The molecule has 3 rings (SSSR count). The van der Waals surface area contributed by atoms with E-state index in [2.05, 4.69) is 11.4 Å². The van der Waals surface area contributed by atoms with E-state index in [1.807, 2.05) is 0 Å². The topological polar surface area (TPSA) is 49.4 Å². The molecule has 1 aliphatic carbocycles. The lowest BCUT2D eigenvalue weighted by Gasteiger charge is -2.20. The highest BCUT2D eigenvalue weighted by atomic mass is 16.2. The van der Waals surface area contributed by atoms with Crippen molar-refractivity contribution < 1.29 is 9.59 Å². The standard InChI is InChI=1S/C13H18N2O2/c16-12-10-2-1-3-11(10)13(17)15(12)8-9-4-6-14-7-5-9/h4,10-11,14H,1-3,5-8H2. The first-order valence-electron chi connectivity index (χ1n) is 6.51. The molecule has 0 radical (unpaired) electrons. The lowest BCUT2D eigenvalue weighted by atomic mass is 10.00. The van der Waals surface area contributed by atoms with Crippen LogP contribution in [0.3, 0.4) is 0 Å². The molecule has 2 aliphatic heterocycles. The predicted octanol–water partition coefficient (Wildman–Crippen LogP) is 0.691. The Balaban J connectivity index is 1.73. The number of nitrogens with zero attached hydrogens (tertiary/aromatic N) is 1. The van der Waals surface area contributed by atoms with Crippen molar-refractivity contribution in [1.29, 1.82) is 0 Å². The molecule has 17 heavy (non-hydrogen) atoms. The maximum atomic E-state index is 12.1. The van der Waals surface area contributed by atoms with Crippen LogP contribution in [0.5, 0.6) is 0 Å². The zero-order valence-electron chi connectivity index (χ0n) is 9.95. The quantitative estimate of drug-likeness (QED) is 0.565. The van der Waals surface area contributed by atoms with Crippen LogP contribution >= 0.6 is 0 Å². The third-order valence-electron chi connectivity index (χ3n) is 4.20. The van der Waals surface area contributed by atoms with Gasteiger partial charge in [0.1, 0.15) is 0 Å². The molecule has 3 aliphatic rings. The van der Waals surface area contributed by atoms with E-state index in [0.29, 0.717) is 6.54 Å². The van der Waals surface area contributed by atoms with Gasteiger partial charge in [-0.3, -0.25) is 14.5 Å². The summed E-state index contributed by atoms with van der Waals surface area (Å²) in [5.41, 5.74) is 1.23. The fourth-order valence-corrected chi connectivity index (χ4v) is 3.23. The predicted molar refractivity (Wildman–Crippen MR) is 63.1 cm³/mol. The molecular formula is C13H18N2O2. The van der Waals surface area contributed by atoms with E-state index < -0.39 is 0 Å². The van der Waals surface area contributed by atoms with Crippen LogP contribution in [0.15, 0.2) is 11.6 Å². The molecule has 2 atom stereocenters. The summed E-state index contributed by atoms with van der Waals surface area (Å²) in [4.78, 5) is 25.8. The Kier molecular flexibility index (Phi) is 2.74. The van der Waals surface area contributed by atoms with Crippen molar-refractivity contribution in [3.05, 3.63) is 11.6 Å². The third kappa shape index (κ3) is 1.80. The van der Waals surface area contributed by atoms with Gasteiger partial charge in [-0.05, 0) is 25.8 Å². The highest BCUT2D eigenvalue weighted by molar-refractivity contribution is 6.05.